The summed E-state index contributed by atoms with van der Waals surface area (Å²) in [5.74, 6) is 0.792. The Morgan fingerprint density at radius 2 is 1.83 bits per heavy atom. The Kier molecular flexibility index (Phi) is 5.99. The summed E-state index contributed by atoms with van der Waals surface area (Å²) >= 11 is 0. The van der Waals surface area contributed by atoms with Crippen LogP contribution < -0.4 is 20.9 Å². The second-order valence-electron chi connectivity index (χ2n) is 7.64. The molecule has 2 saturated heterocycles. The number of methoxy groups -OCH3 is 1. The molecular formula is C22H29N5O2. The minimum Gasteiger partial charge on any atom is -0.497 e. The lowest BCUT2D eigenvalue weighted by Gasteiger charge is -2.37. The van der Waals surface area contributed by atoms with Crippen molar-refractivity contribution < 1.29 is 9.53 Å². The van der Waals surface area contributed by atoms with Crippen LogP contribution in [0.3, 0.4) is 0 Å². The normalized spacial score (nSPS) is 22.5. The molecule has 0 aliphatic carbocycles. The Balaban J connectivity index is 1.28. The number of ether oxygens (including phenoxy) is 1. The highest BCUT2D eigenvalue weighted by Crippen LogP contribution is 2.25. The maximum atomic E-state index is 12.7. The first-order valence-corrected chi connectivity index (χ1v) is 10.1. The number of hydrazine groups is 1. The van der Waals surface area contributed by atoms with Gasteiger partial charge >= 0.3 is 6.03 Å². The Labute approximate surface area is 172 Å². The SMILES string of the molecule is COc1ccc(NC(=O)N2CCN(C3CC(c4ccccc4)NN3)CC2)c(C)c1. The first-order valence-electron chi connectivity index (χ1n) is 10.1. The predicted octanol–water partition coefficient (Wildman–Crippen LogP) is 2.72. The highest BCUT2D eigenvalue weighted by molar-refractivity contribution is 5.90. The highest BCUT2D eigenvalue weighted by Gasteiger charge is 2.32. The van der Waals surface area contributed by atoms with Gasteiger partial charge in [0.05, 0.1) is 13.3 Å². The number of aryl methyl sites for hydroxylation is 1. The monoisotopic (exact) mass is 395 g/mol. The van der Waals surface area contributed by atoms with E-state index in [1.165, 1.54) is 5.56 Å². The van der Waals surface area contributed by atoms with E-state index >= 15 is 0 Å². The molecule has 0 radical (unpaired) electrons. The number of anilines is 1. The molecule has 2 fully saturated rings. The number of carbonyl (C=O) groups excluding carboxylic acids is 1. The number of carbonyl (C=O) groups is 1. The molecular weight excluding hydrogens is 366 g/mol. The van der Waals surface area contributed by atoms with Crippen molar-refractivity contribution in [3.8, 4) is 5.75 Å². The number of hydrogen-bond acceptors (Lipinski definition) is 5. The van der Waals surface area contributed by atoms with Gasteiger partial charge in [-0.1, -0.05) is 30.3 Å². The molecule has 2 amide bonds. The second-order valence-corrected chi connectivity index (χ2v) is 7.64. The van der Waals surface area contributed by atoms with Crippen LogP contribution >= 0.6 is 0 Å². The van der Waals surface area contributed by atoms with Crippen LogP contribution in [0.1, 0.15) is 23.6 Å². The van der Waals surface area contributed by atoms with Gasteiger partial charge in [0, 0.05) is 37.9 Å². The lowest BCUT2D eigenvalue weighted by Crippen LogP contribution is -2.55. The number of benzene rings is 2. The van der Waals surface area contributed by atoms with Gasteiger partial charge in [-0.05, 0) is 42.7 Å². The predicted molar refractivity (Wildman–Crippen MR) is 114 cm³/mol. The maximum Gasteiger partial charge on any atom is 0.321 e. The largest absolute Gasteiger partial charge is 0.497 e. The van der Waals surface area contributed by atoms with E-state index < -0.39 is 0 Å². The van der Waals surface area contributed by atoms with E-state index in [2.05, 4.69) is 45.3 Å². The lowest BCUT2D eigenvalue weighted by molar-refractivity contribution is 0.103. The molecule has 2 aliphatic rings. The summed E-state index contributed by atoms with van der Waals surface area (Å²) in [6.07, 6.45) is 1.30. The van der Waals surface area contributed by atoms with Gasteiger partial charge in [0.25, 0.3) is 0 Å². The van der Waals surface area contributed by atoms with Crippen LogP contribution in [0.15, 0.2) is 48.5 Å². The fourth-order valence-corrected chi connectivity index (χ4v) is 4.02. The Bertz CT molecular complexity index is 836. The zero-order chi connectivity index (χ0) is 20.2. The summed E-state index contributed by atoms with van der Waals surface area (Å²) in [6, 6.07) is 16.5. The van der Waals surface area contributed by atoms with Crippen molar-refractivity contribution in [1.29, 1.82) is 0 Å². The van der Waals surface area contributed by atoms with Crippen molar-refractivity contribution in [3.63, 3.8) is 0 Å². The topological polar surface area (TPSA) is 68.9 Å². The minimum atomic E-state index is -0.0439. The van der Waals surface area contributed by atoms with Gasteiger partial charge in [0.1, 0.15) is 5.75 Å². The van der Waals surface area contributed by atoms with Gasteiger partial charge in [-0.2, -0.15) is 0 Å². The molecule has 2 heterocycles. The molecule has 0 bridgehead atoms. The fourth-order valence-electron chi connectivity index (χ4n) is 4.02. The van der Waals surface area contributed by atoms with E-state index in [1.807, 2.05) is 36.1 Å². The molecule has 2 unspecified atom stereocenters. The highest BCUT2D eigenvalue weighted by atomic mass is 16.5. The Morgan fingerprint density at radius 1 is 1.07 bits per heavy atom. The van der Waals surface area contributed by atoms with Gasteiger partial charge < -0.3 is 15.0 Å². The maximum absolute atomic E-state index is 12.7. The third kappa shape index (κ3) is 4.53. The van der Waals surface area contributed by atoms with Crippen LogP contribution in [0.4, 0.5) is 10.5 Å². The lowest BCUT2D eigenvalue weighted by atomic mass is 10.0. The molecule has 4 rings (SSSR count). The van der Waals surface area contributed by atoms with Gasteiger partial charge in [0.2, 0.25) is 0 Å². The zero-order valence-corrected chi connectivity index (χ0v) is 17.0. The van der Waals surface area contributed by atoms with Crippen LogP contribution in [0.2, 0.25) is 0 Å². The Hall–Kier alpha value is -2.61. The molecule has 7 heteroatoms. The van der Waals surface area contributed by atoms with Gasteiger partial charge in [0.15, 0.2) is 0 Å². The van der Waals surface area contributed by atoms with Gasteiger partial charge in [-0.3, -0.25) is 4.90 Å². The van der Waals surface area contributed by atoms with E-state index in [-0.39, 0.29) is 12.2 Å². The molecule has 0 aromatic heterocycles. The summed E-state index contributed by atoms with van der Waals surface area (Å²) in [6.45, 7) is 5.12. The van der Waals surface area contributed by atoms with E-state index in [0.717, 1.165) is 49.6 Å². The van der Waals surface area contributed by atoms with Gasteiger partial charge in [-0.25, -0.2) is 15.6 Å². The third-order valence-electron chi connectivity index (χ3n) is 5.80. The summed E-state index contributed by atoms with van der Waals surface area (Å²) in [4.78, 5) is 17.0. The number of urea groups is 1. The molecule has 0 saturated carbocycles. The summed E-state index contributed by atoms with van der Waals surface area (Å²) in [5, 5.41) is 3.03. The van der Waals surface area contributed by atoms with Crippen molar-refractivity contribution in [1.82, 2.24) is 20.7 Å². The van der Waals surface area contributed by atoms with Crippen LogP contribution in [0.25, 0.3) is 0 Å². The first-order chi connectivity index (χ1) is 14.1. The molecule has 2 aromatic carbocycles. The fraction of sp³-hybridized carbons (Fsp3) is 0.409. The summed E-state index contributed by atoms with van der Waals surface area (Å²) in [7, 11) is 1.64. The van der Waals surface area contributed by atoms with E-state index in [9.17, 15) is 4.79 Å². The number of piperazine rings is 1. The zero-order valence-electron chi connectivity index (χ0n) is 17.0. The first kappa shape index (κ1) is 19.7. The molecule has 2 aliphatic heterocycles. The number of hydrogen-bond donors (Lipinski definition) is 3. The van der Waals surface area contributed by atoms with Crippen LogP contribution in [0, 0.1) is 6.92 Å². The number of amides is 2. The summed E-state index contributed by atoms with van der Waals surface area (Å²) < 4.78 is 5.23. The van der Waals surface area contributed by atoms with Crippen LogP contribution in [0.5, 0.6) is 5.75 Å². The quantitative estimate of drug-likeness (QED) is 0.743. The van der Waals surface area contributed by atoms with E-state index in [0.29, 0.717) is 6.04 Å². The van der Waals surface area contributed by atoms with Crippen LogP contribution in [-0.2, 0) is 0 Å². The minimum absolute atomic E-state index is 0.0439. The van der Waals surface area contributed by atoms with Crippen molar-refractivity contribution in [2.24, 2.45) is 0 Å². The van der Waals surface area contributed by atoms with E-state index in [1.54, 1.807) is 7.11 Å². The molecule has 2 atom stereocenters. The summed E-state index contributed by atoms with van der Waals surface area (Å²) in [5.41, 5.74) is 9.95. The van der Waals surface area contributed by atoms with Crippen LogP contribution in [-0.4, -0.2) is 55.3 Å². The van der Waals surface area contributed by atoms with Gasteiger partial charge in [-0.15, -0.1) is 0 Å². The van der Waals surface area contributed by atoms with Crippen molar-refractivity contribution >= 4 is 11.7 Å². The van der Waals surface area contributed by atoms with Crippen molar-refractivity contribution in [2.45, 2.75) is 25.6 Å². The molecule has 3 N–H and O–H groups in total. The second kappa shape index (κ2) is 8.82. The molecule has 2 aromatic rings. The average molecular weight is 396 g/mol. The number of nitrogens with zero attached hydrogens (tertiary/aromatic N) is 2. The smallest absolute Gasteiger partial charge is 0.321 e. The molecule has 154 valence electrons. The number of rotatable bonds is 4. The molecule has 29 heavy (non-hydrogen) atoms. The number of nitrogens with one attached hydrogen (secondary N) is 3. The van der Waals surface area contributed by atoms with Crippen molar-refractivity contribution in [3.05, 3.63) is 59.7 Å². The molecule has 0 spiro atoms. The Morgan fingerprint density at radius 3 is 2.52 bits per heavy atom. The molecule has 7 nitrogen and oxygen atoms in total. The van der Waals surface area contributed by atoms with Crippen molar-refractivity contribution in [2.75, 3.05) is 38.6 Å². The average Bonchev–Trinajstić information content (AvgIpc) is 3.26. The standard InChI is InChI=1S/C22H29N5O2/c1-16-14-18(29-2)8-9-19(16)23-22(28)27-12-10-26(11-13-27)21-15-20(24-25-21)17-6-4-3-5-7-17/h3-9,14,20-21,24-25H,10-13,15H2,1-2H3,(H,23,28). The van der Waals surface area contributed by atoms with E-state index in [4.69, 9.17) is 4.74 Å². The third-order valence-corrected chi connectivity index (χ3v) is 5.80.